The van der Waals surface area contributed by atoms with Crippen molar-refractivity contribution in [3.05, 3.63) is 41.6 Å². The highest BCUT2D eigenvalue weighted by atomic mass is 19.4. The lowest BCUT2D eigenvalue weighted by Gasteiger charge is -2.20. The van der Waals surface area contributed by atoms with Crippen molar-refractivity contribution < 1.29 is 40.6 Å². The first-order valence-corrected chi connectivity index (χ1v) is 7.48. The van der Waals surface area contributed by atoms with E-state index in [0.29, 0.717) is 11.9 Å². The Morgan fingerprint density at radius 2 is 1.71 bits per heavy atom. The quantitative estimate of drug-likeness (QED) is 0.550. The molecule has 0 amide bonds. The van der Waals surface area contributed by atoms with E-state index in [9.17, 15) is 31.1 Å². The smallest absolute Gasteiger partial charge is 0.423 e. The van der Waals surface area contributed by atoms with Crippen molar-refractivity contribution in [2.24, 2.45) is 0 Å². The van der Waals surface area contributed by atoms with Crippen LogP contribution in [-0.4, -0.2) is 42.9 Å². The third kappa shape index (κ3) is 5.24. The van der Waals surface area contributed by atoms with Gasteiger partial charge in [0.1, 0.15) is 5.56 Å². The number of carbonyl (C=O) groups excluding carboxylic acids is 1. The van der Waals surface area contributed by atoms with Gasteiger partial charge >= 0.3 is 18.3 Å². The number of esters is 1. The maximum atomic E-state index is 13.0. The lowest BCUT2D eigenvalue weighted by Crippen LogP contribution is -2.23. The molecule has 2 rings (SSSR count). The Balaban J connectivity index is 2.35. The minimum absolute atomic E-state index is 0.224. The van der Waals surface area contributed by atoms with Crippen LogP contribution in [0.1, 0.15) is 15.9 Å². The Labute approximate surface area is 154 Å². The average molecular weight is 409 g/mol. The molecule has 0 saturated heterocycles. The summed E-state index contributed by atoms with van der Waals surface area (Å²) >= 11 is 0. The van der Waals surface area contributed by atoms with E-state index >= 15 is 0 Å². The van der Waals surface area contributed by atoms with Crippen LogP contribution in [0, 0.1) is 0 Å². The van der Waals surface area contributed by atoms with Gasteiger partial charge in [0.2, 0.25) is 11.8 Å². The molecule has 0 radical (unpaired) electrons. The fourth-order valence-electron chi connectivity index (χ4n) is 2.03. The zero-order valence-electron chi connectivity index (χ0n) is 14.4. The number of ether oxygens (including phenoxy) is 2. The second-order valence-corrected chi connectivity index (χ2v) is 5.39. The van der Waals surface area contributed by atoms with Crippen LogP contribution in [0.25, 0.3) is 0 Å². The molecule has 1 aromatic heterocycles. The minimum Gasteiger partial charge on any atom is -0.467 e. The van der Waals surface area contributed by atoms with Crippen molar-refractivity contribution >= 4 is 17.6 Å². The molecule has 0 fully saturated rings. The first-order chi connectivity index (χ1) is 12.9. The van der Waals surface area contributed by atoms with Crippen molar-refractivity contribution in [2.45, 2.75) is 12.4 Å². The number of alkyl halides is 6. The summed E-state index contributed by atoms with van der Waals surface area (Å²) in [7, 11) is 2.57. The molecule has 1 aromatic carbocycles. The average Bonchev–Trinajstić information content (AvgIpc) is 2.63. The number of hydrogen-bond donors (Lipinski definition) is 0. The molecule has 12 heteroatoms. The highest BCUT2D eigenvalue weighted by Crippen LogP contribution is 2.36. The van der Waals surface area contributed by atoms with Gasteiger partial charge in [0.05, 0.1) is 12.7 Å². The molecule has 0 atom stereocenters. The lowest BCUT2D eigenvalue weighted by atomic mass is 10.2. The molecule has 2 aromatic rings. The van der Waals surface area contributed by atoms with Crippen LogP contribution in [0.3, 0.4) is 0 Å². The topological polar surface area (TPSA) is 64.5 Å². The zero-order chi connectivity index (χ0) is 21.1. The van der Waals surface area contributed by atoms with Gasteiger partial charge in [0.25, 0.3) is 0 Å². The normalized spacial score (nSPS) is 11.9. The van der Waals surface area contributed by atoms with Gasteiger partial charge < -0.3 is 14.4 Å². The summed E-state index contributed by atoms with van der Waals surface area (Å²) in [4.78, 5) is 19.6. The van der Waals surface area contributed by atoms with Crippen molar-refractivity contribution in [3.8, 4) is 5.88 Å². The lowest BCUT2D eigenvalue weighted by molar-refractivity contribution is -0.159. The number of carbonyl (C=O) groups is 1. The monoisotopic (exact) mass is 409 g/mol. The van der Waals surface area contributed by atoms with Crippen molar-refractivity contribution in [3.63, 3.8) is 0 Å². The highest BCUT2D eigenvalue weighted by molar-refractivity contribution is 5.89. The molecule has 1 heterocycles. The molecule has 0 aliphatic rings. The summed E-state index contributed by atoms with van der Waals surface area (Å²) in [5, 5.41) is 0. The van der Waals surface area contributed by atoms with E-state index in [-0.39, 0.29) is 11.5 Å². The molecular formula is C16H13F6N3O3. The molecule has 0 bridgehead atoms. The Kier molecular flexibility index (Phi) is 6.00. The fourth-order valence-corrected chi connectivity index (χ4v) is 2.03. The number of anilines is 2. The van der Waals surface area contributed by atoms with Crippen molar-refractivity contribution in [2.75, 3.05) is 25.7 Å². The van der Waals surface area contributed by atoms with Gasteiger partial charge in [-0.05, 0) is 24.3 Å². The first kappa shape index (κ1) is 21.3. The Hall–Kier alpha value is -3.05. The molecule has 0 aliphatic carbocycles. The highest BCUT2D eigenvalue weighted by Gasteiger charge is 2.38. The molecule has 0 saturated carbocycles. The van der Waals surface area contributed by atoms with Crippen LogP contribution in [0.15, 0.2) is 30.5 Å². The molecular weight excluding hydrogens is 396 g/mol. The van der Waals surface area contributed by atoms with Crippen LogP contribution in [-0.2, 0) is 10.9 Å². The molecule has 0 N–H and O–H groups in total. The number of benzene rings is 1. The van der Waals surface area contributed by atoms with Gasteiger partial charge in [-0.1, -0.05) is 0 Å². The van der Waals surface area contributed by atoms with E-state index in [1.165, 1.54) is 43.3 Å². The first-order valence-electron chi connectivity index (χ1n) is 7.48. The van der Waals surface area contributed by atoms with Crippen molar-refractivity contribution in [1.29, 1.82) is 0 Å². The number of halogens is 6. The molecule has 0 spiro atoms. The van der Waals surface area contributed by atoms with Crippen LogP contribution in [0.4, 0.5) is 38.0 Å². The standard InChI is InChI=1S/C16H13F6N3O3/c1-25(10-5-3-9(4-6-10)13(26)27-2)14-23-7-11(16(20,21)22)12(24-14)28-8-15(17,18)19/h3-7H,8H2,1-2H3. The molecule has 152 valence electrons. The molecule has 28 heavy (non-hydrogen) atoms. The zero-order valence-corrected chi connectivity index (χ0v) is 14.4. The van der Waals surface area contributed by atoms with E-state index in [2.05, 4.69) is 19.4 Å². The van der Waals surface area contributed by atoms with Gasteiger partial charge in [-0.25, -0.2) is 9.78 Å². The third-order valence-electron chi connectivity index (χ3n) is 3.39. The Morgan fingerprint density at radius 1 is 1.11 bits per heavy atom. The van der Waals surface area contributed by atoms with Gasteiger partial charge in [0.15, 0.2) is 6.61 Å². The SMILES string of the molecule is COC(=O)c1ccc(N(C)c2ncc(C(F)(F)F)c(OCC(F)(F)F)n2)cc1. The molecule has 0 unspecified atom stereocenters. The number of nitrogens with zero attached hydrogens (tertiary/aromatic N) is 3. The summed E-state index contributed by atoms with van der Waals surface area (Å²) in [6.07, 6.45) is -9.50. The van der Waals surface area contributed by atoms with Gasteiger partial charge in [-0.2, -0.15) is 31.3 Å². The number of methoxy groups -OCH3 is 1. The maximum Gasteiger partial charge on any atom is 0.423 e. The number of aromatic nitrogens is 2. The van der Waals surface area contributed by atoms with E-state index in [4.69, 9.17) is 0 Å². The van der Waals surface area contributed by atoms with Gasteiger partial charge in [0, 0.05) is 18.9 Å². The third-order valence-corrected chi connectivity index (χ3v) is 3.39. The van der Waals surface area contributed by atoms with Gasteiger partial charge in [-0.3, -0.25) is 0 Å². The summed E-state index contributed by atoms with van der Waals surface area (Å²) in [6.45, 7) is -1.94. The van der Waals surface area contributed by atoms with Crippen molar-refractivity contribution in [1.82, 2.24) is 9.97 Å². The maximum absolute atomic E-state index is 13.0. The summed E-state index contributed by atoms with van der Waals surface area (Å²) in [6, 6.07) is 5.65. The Morgan fingerprint density at radius 3 is 2.21 bits per heavy atom. The molecule has 0 aliphatic heterocycles. The molecule has 6 nitrogen and oxygen atoms in total. The van der Waals surface area contributed by atoms with Crippen LogP contribution < -0.4 is 9.64 Å². The van der Waals surface area contributed by atoms with Crippen LogP contribution in [0.2, 0.25) is 0 Å². The van der Waals surface area contributed by atoms with Crippen LogP contribution in [0.5, 0.6) is 5.88 Å². The minimum atomic E-state index is -5.00. The van der Waals surface area contributed by atoms with E-state index in [0.717, 1.165) is 0 Å². The van der Waals surface area contributed by atoms with Crippen LogP contribution >= 0.6 is 0 Å². The summed E-state index contributed by atoms with van der Waals surface area (Å²) < 4.78 is 84.7. The summed E-state index contributed by atoms with van der Waals surface area (Å²) in [5.74, 6) is -2.17. The largest absolute Gasteiger partial charge is 0.467 e. The second kappa shape index (κ2) is 7.90. The second-order valence-electron chi connectivity index (χ2n) is 5.39. The van der Waals surface area contributed by atoms with E-state index < -0.39 is 36.4 Å². The van der Waals surface area contributed by atoms with E-state index in [1.54, 1.807) is 0 Å². The number of rotatable bonds is 5. The predicted molar refractivity (Wildman–Crippen MR) is 84.4 cm³/mol. The fraction of sp³-hybridized carbons (Fsp3) is 0.312. The van der Waals surface area contributed by atoms with Gasteiger partial charge in [-0.15, -0.1) is 0 Å². The summed E-state index contributed by atoms with van der Waals surface area (Å²) in [5.41, 5.74) is -0.952. The number of hydrogen-bond acceptors (Lipinski definition) is 6. The Bertz CT molecular complexity index is 837. The van der Waals surface area contributed by atoms with E-state index in [1.807, 2.05) is 0 Å². The predicted octanol–water partition coefficient (Wildman–Crippen LogP) is 3.99.